The van der Waals surface area contributed by atoms with Gasteiger partial charge in [-0.15, -0.1) is 0 Å². The van der Waals surface area contributed by atoms with Crippen LogP contribution in [0.1, 0.15) is 65.2 Å². The summed E-state index contributed by atoms with van der Waals surface area (Å²) in [6, 6.07) is 0. The first kappa shape index (κ1) is 20.0. The van der Waals surface area contributed by atoms with E-state index >= 15 is 0 Å². The first-order valence-electron chi connectivity index (χ1n) is 9.73. The van der Waals surface area contributed by atoms with Gasteiger partial charge in [0.25, 0.3) is 0 Å². The molecule has 142 valence electrons. The minimum absolute atomic E-state index is 0.0775. The molecule has 5 heteroatoms. The third kappa shape index (κ3) is 5.10. The second-order valence-corrected chi connectivity index (χ2v) is 7.33. The Morgan fingerprint density at radius 2 is 1.58 bits per heavy atom. The number of unbranched alkanes of at least 4 members (excludes halogenated alkanes) is 2. The highest BCUT2D eigenvalue weighted by atomic mass is 19.2. The van der Waals surface area contributed by atoms with E-state index in [9.17, 15) is 13.2 Å². The van der Waals surface area contributed by atoms with Crippen molar-refractivity contribution in [2.24, 2.45) is 11.8 Å². The highest BCUT2D eigenvalue weighted by Crippen LogP contribution is 2.42. The van der Waals surface area contributed by atoms with Crippen molar-refractivity contribution < 1.29 is 22.6 Å². The van der Waals surface area contributed by atoms with Gasteiger partial charge >= 0.3 is 0 Å². The molecule has 0 aromatic carbocycles. The Kier molecular flexibility index (Phi) is 8.35. The summed E-state index contributed by atoms with van der Waals surface area (Å²) >= 11 is 0. The summed E-state index contributed by atoms with van der Waals surface area (Å²) in [5.41, 5.74) is 0. The molecule has 0 radical (unpaired) electrons. The van der Waals surface area contributed by atoms with Crippen molar-refractivity contribution in [2.45, 2.75) is 95.9 Å². The van der Waals surface area contributed by atoms with Crippen LogP contribution in [0.3, 0.4) is 0 Å². The van der Waals surface area contributed by atoms with Gasteiger partial charge in [0.05, 0.1) is 12.2 Å². The molecule has 0 N–H and O–H groups in total. The van der Waals surface area contributed by atoms with Crippen molar-refractivity contribution in [1.29, 1.82) is 0 Å². The Balaban J connectivity index is 1.80. The molecule has 0 saturated heterocycles. The average Bonchev–Trinajstić information content (AvgIpc) is 2.57. The summed E-state index contributed by atoms with van der Waals surface area (Å²) in [5.74, 6) is -0.456. The Morgan fingerprint density at radius 1 is 0.833 bits per heavy atom. The Labute approximate surface area is 144 Å². The van der Waals surface area contributed by atoms with Gasteiger partial charge in [-0.2, -0.15) is 0 Å². The van der Waals surface area contributed by atoms with Crippen LogP contribution in [0.2, 0.25) is 0 Å². The molecular formula is C19H33F3O2. The highest BCUT2D eigenvalue weighted by Gasteiger charge is 2.46. The monoisotopic (exact) mass is 350 g/mol. The van der Waals surface area contributed by atoms with E-state index in [2.05, 4.69) is 6.92 Å². The first-order chi connectivity index (χ1) is 11.6. The Hall–Kier alpha value is -0.290. The lowest BCUT2D eigenvalue weighted by atomic mass is 9.70. The zero-order chi connectivity index (χ0) is 17.5. The summed E-state index contributed by atoms with van der Waals surface area (Å²) in [6.07, 6.45) is 0.769. The van der Waals surface area contributed by atoms with Crippen LogP contribution in [0, 0.1) is 11.8 Å². The molecule has 2 saturated carbocycles. The zero-order valence-electron chi connectivity index (χ0n) is 15.1. The zero-order valence-corrected chi connectivity index (χ0v) is 15.1. The van der Waals surface area contributed by atoms with Crippen LogP contribution in [-0.4, -0.2) is 43.9 Å². The van der Waals surface area contributed by atoms with E-state index in [0.717, 1.165) is 25.7 Å². The lowest BCUT2D eigenvalue weighted by Crippen LogP contribution is -2.47. The lowest BCUT2D eigenvalue weighted by molar-refractivity contribution is -0.0973. The van der Waals surface area contributed by atoms with Crippen LogP contribution in [-0.2, 0) is 9.47 Å². The molecule has 0 aromatic heterocycles. The number of halogens is 3. The van der Waals surface area contributed by atoms with Crippen molar-refractivity contribution in [2.75, 3.05) is 13.2 Å². The number of ether oxygens (including phenoxy) is 2. The molecular weight excluding hydrogens is 317 g/mol. The molecule has 2 rings (SSSR count). The van der Waals surface area contributed by atoms with Gasteiger partial charge in [0.1, 0.15) is 12.3 Å². The van der Waals surface area contributed by atoms with Crippen molar-refractivity contribution in [3.05, 3.63) is 0 Å². The van der Waals surface area contributed by atoms with Crippen molar-refractivity contribution in [1.82, 2.24) is 0 Å². The quantitative estimate of drug-likeness (QED) is 0.561. The van der Waals surface area contributed by atoms with Gasteiger partial charge in [-0.05, 0) is 57.3 Å². The molecule has 0 amide bonds. The van der Waals surface area contributed by atoms with Gasteiger partial charge in [-0.25, -0.2) is 13.2 Å². The second kappa shape index (κ2) is 10.0. The molecule has 24 heavy (non-hydrogen) atoms. The SMILES string of the molecule is CCCCCOC1CCC(C2CCC(OCC)C(F)C2F)CC1F. The normalized spacial score (nSPS) is 40.6. The maximum absolute atomic E-state index is 14.5. The predicted molar refractivity (Wildman–Crippen MR) is 89.4 cm³/mol. The second-order valence-electron chi connectivity index (χ2n) is 7.33. The number of rotatable bonds is 8. The molecule has 2 fully saturated rings. The molecule has 0 heterocycles. The van der Waals surface area contributed by atoms with Crippen molar-refractivity contribution in [3.8, 4) is 0 Å². The predicted octanol–water partition coefficient (Wildman–Crippen LogP) is 5.19. The summed E-state index contributed by atoms with van der Waals surface area (Å²) in [5, 5.41) is 0. The smallest absolute Gasteiger partial charge is 0.157 e. The summed E-state index contributed by atoms with van der Waals surface area (Å²) in [6.45, 7) is 4.91. The molecule has 2 aliphatic rings. The third-order valence-electron chi connectivity index (χ3n) is 5.67. The van der Waals surface area contributed by atoms with E-state index in [-0.39, 0.29) is 17.9 Å². The van der Waals surface area contributed by atoms with E-state index in [1.54, 1.807) is 6.92 Å². The van der Waals surface area contributed by atoms with Crippen LogP contribution in [0.25, 0.3) is 0 Å². The molecule has 0 aromatic rings. The summed E-state index contributed by atoms with van der Waals surface area (Å²) in [4.78, 5) is 0. The fraction of sp³-hybridized carbons (Fsp3) is 1.00. The largest absolute Gasteiger partial charge is 0.375 e. The maximum atomic E-state index is 14.5. The molecule has 7 unspecified atom stereocenters. The minimum Gasteiger partial charge on any atom is -0.375 e. The molecule has 7 atom stereocenters. The Morgan fingerprint density at radius 3 is 2.25 bits per heavy atom. The van der Waals surface area contributed by atoms with Gasteiger partial charge in [0.2, 0.25) is 0 Å². The van der Waals surface area contributed by atoms with E-state index in [1.165, 1.54) is 0 Å². The number of alkyl halides is 3. The van der Waals surface area contributed by atoms with E-state index in [1.807, 2.05) is 0 Å². The topological polar surface area (TPSA) is 18.5 Å². The number of hydrogen-bond donors (Lipinski definition) is 0. The molecule has 0 spiro atoms. The molecule has 2 aliphatic carbocycles. The van der Waals surface area contributed by atoms with E-state index in [0.29, 0.717) is 38.9 Å². The summed E-state index contributed by atoms with van der Waals surface area (Å²) in [7, 11) is 0. The molecule has 2 nitrogen and oxygen atoms in total. The van der Waals surface area contributed by atoms with E-state index < -0.39 is 24.6 Å². The lowest BCUT2D eigenvalue weighted by Gasteiger charge is -2.42. The first-order valence-corrected chi connectivity index (χ1v) is 9.73. The van der Waals surface area contributed by atoms with Gasteiger partial charge < -0.3 is 9.47 Å². The van der Waals surface area contributed by atoms with Gasteiger partial charge in [0, 0.05) is 13.2 Å². The van der Waals surface area contributed by atoms with Crippen LogP contribution in [0.15, 0.2) is 0 Å². The fourth-order valence-corrected chi connectivity index (χ4v) is 4.28. The van der Waals surface area contributed by atoms with Crippen LogP contribution in [0.4, 0.5) is 13.2 Å². The van der Waals surface area contributed by atoms with Gasteiger partial charge in [0.15, 0.2) is 6.17 Å². The van der Waals surface area contributed by atoms with Crippen molar-refractivity contribution in [3.63, 3.8) is 0 Å². The number of hydrogen-bond acceptors (Lipinski definition) is 2. The van der Waals surface area contributed by atoms with Crippen LogP contribution < -0.4 is 0 Å². The highest BCUT2D eigenvalue weighted by molar-refractivity contribution is 4.94. The minimum atomic E-state index is -1.58. The average molecular weight is 350 g/mol. The standard InChI is InChI=1S/C19H33F3O2/c1-3-5-6-11-24-16-9-7-13(12-15(16)20)14-8-10-17(23-4-2)19(22)18(14)21/h13-19H,3-12H2,1-2H3. The van der Waals surface area contributed by atoms with Crippen molar-refractivity contribution >= 4 is 0 Å². The van der Waals surface area contributed by atoms with Gasteiger partial charge in [-0.3, -0.25) is 0 Å². The third-order valence-corrected chi connectivity index (χ3v) is 5.67. The fourth-order valence-electron chi connectivity index (χ4n) is 4.28. The molecule has 0 bridgehead atoms. The maximum Gasteiger partial charge on any atom is 0.157 e. The van der Waals surface area contributed by atoms with Crippen LogP contribution in [0.5, 0.6) is 0 Å². The van der Waals surface area contributed by atoms with Crippen LogP contribution >= 0.6 is 0 Å². The van der Waals surface area contributed by atoms with E-state index in [4.69, 9.17) is 9.47 Å². The molecule has 0 aliphatic heterocycles. The Bertz CT molecular complexity index is 356. The van der Waals surface area contributed by atoms with Gasteiger partial charge in [-0.1, -0.05) is 19.8 Å². The summed E-state index contributed by atoms with van der Waals surface area (Å²) < 4.78 is 54.1.